The lowest BCUT2D eigenvalue weighted by Crippen LogP contribution is -2.40. The Labute approximate surface area is 146 Å². The Kier molecular flexibility index (Phi) is 5.74. The van der Waals surface area contributed by atoms with Crippen molar-refractivity contribution in [2.75, 3.05) is 32.8 Å². The number of amides is 2. The quantitative estimate of drug-likeness (QED) is 0.897. The van der Waals surface area contributed by atoms with Crippen molar-refractivity contribution in [2.24, 2.45) is 0 Å². The standard InChI is InChI=1S/C19H21N3O3/c23-18(21-8-6-15-4-2-1-3-5-15)17-14-16(7-9-20-17)19(24)22-10-12-25-13-11-22/h1-5,7,9,14H,6,8,10-13H2,(H,21,23). The number of hydrogen-bond acceptors (Lipinski definition) is 4. The first-order valence-electron chi connectivity index (χ1n) is 8.39. The van der Waals surface area contributed by atoms with Crippen molar-refractivity contribution in [3.63, 3.8) is 0 Å². The normalized spacial score (nSPS) is 14.2. The number of rotatable bonds is 5. The number of nitrogens with zero attached hydrogens (tertiary/aromatic N) is 2. The first-order valence-corrected chi connectivity index (χ1v) is 8.39. The first kappa shape index (κ1) is 17.1. The Hall–Kier alpha value is -2.73. The first-order chi connectivity index (χ1) is 12.2. The number of benzene rings is 1. The molecule has 1 aromatic carbocycles. The van der Waals surface area contributed by atoms with Gasteiger partial charge in [0.05, 0.1) is 13.2 Å². The highest BCUT2D eigenvalue weighted by atomic mass is 16.5. The van der Waals surface area contributed by atoms with E-state index in [0.717, 1.165) is 12.0 Å². The minimum atomic E-state index is -0.271. The molecule has 0 atom stereocenters. The minimum Gasteiger partial charge on any atom is -0.378 e. The van der Waals surface area contributed by atoms with Gasteiger partial charge in [0.2, 0.25) is 0 Å². The summed E-state index contributed by atoms with van der Waals surface area (Å²) in [6.07, 6.45) is 2.25. The van der Waals surface area contributed by atoms with Crippen LogP contribution in [0.25, 0.3) is 0 Å². The van der Waals surface area contributed by atoms with Crippen LogP contribution in [0.1, 0.15) is 26.4 Å². The molecular formula is C19H21N3O3. The van der Waals surface area contributed by atoms with Gasteiger partial charge in [-0.25, -0.2) is 0 Å². The second kappa shape index (κ2) is 8.39. The van der Waals surface area contributed by atoms with Gasteiger partial charge in [-0.1, -0.05) is 30.3 Å². The number of carbonyl (C=O) groups is 2. The van der Waals surface area contributed by atoms with Crippen LogP contribution in [0.2, 0.25) is 0 Å². The van der Waals surface area contributed by atoms with E-state index in [2.05, 4.69) is 10.3 Å². The minimum absolute atomic E-state index is 0.0935. The van der Waals surface area contributed by atoms with Crippen LogP contribution in [-0.2, 0) is 11.2 Å². The average molecular weight is 339 g/mol. The molecular weight excluding hydrogens is 318 g/mol. The second-order valence-electron chi connectivity index (χ2n) is 5.83. The predicted octanol–water partition coefficient (Wildman–Crippen LogP) is 1.53. The molecule has 0 aliphatic carbocycles. The van der Waals surface area contributed by atoms with Crippen LogP contribution in [0.15, 0.2) is 48.7 Å². The molecule has 130 valence electrons. The zero-order valence-corrected chi connectivity index (χ0v) is 14.0. The van der Waals surface area contributed by atoms with Crippen molar-refractivity contribution in [3.8, 4) is 0 Å². The zero-order valence-electron chi connectivity index (χ0n) is 14.0. The van der Waals surface area contributed by atoms with Gasteiger partial charge < -0.3 is 15.0 Å². The highest BCUT2D eigenvalue weighted by Gasteiger charge is 2.19. The van der Waals surface area contributed by atoms with Crippen molar-refractivity contribution in [1.29, 1.82) is 0 Å². The SMILES string of the molecule is O=C(NCCc1ccccc1)c1cc(C(=O)N2CCOCC2)ccn1. The predicted molar refractivity (Wildman–Crippen MR) is 93.4 cm³/mol. The van der Waals surface area contributed by atoms with Crippen LogP contribution in [0.3, 0.4) is 0 Å². The summed E-state index contributed by atoms with van der Waals surface area (Å²) in [5.74, 6) is -0.364. The van der Waals surface area contributed by atoms with E-state index in [9.17, 15) is 9.59 Å². The summed E-state index contributed by atoms with van der Waals surface area (Å²) in [4.78, 5) is 30.6. The lowest BCUT2D eigenvalue weighted by atomic mass is 10.1. The van der Waals surface area contributed by atoms with E-state index in [4.69, 9.17) is 4.74 Å². The fourth-order valence-corrected chi connectivity index (χ4v) is 2.69. The fraction of sp³-hybridized carbons (Fsp3) is 0.316. The molecule has 3 rings (SSSR count). The van der Waals surface area contributed by atoms with Gasteiger partial charge >= 0.3 is 0 Å². The molecule has 25 heavy (non-hydrogen) atoms. The number of carbonyl (C=O) groups excluding carboxylic acids is 2. The van der Waals surface area contributed by atoms with E-state index in [0.29, 0.717) is 38.4 Å². The van der Waals surface area contributed by atoms with Gasteiger partial charge in [-0.2, -0.15) is 0 Å². The van der Waals surface area contributed by atoms with Gasteiger partial charge in [0.15, 0.2) is 0 Å². The summed E-state index contributed by atoms with van der Waals surface area (Å²) in [6, 6.07) is 13.1. The molecule has 0 saturated carbocycles. The van der Waals surface area contributed by atoms with Gasteiger partial charge in [0, 0.05) is 31.4 Å². The number of morpholine rings is 1. The molecule has 1 N–H and O–H groups in total. The summed E-state index contributed by atoms with van der Waals surface area (Å²) in [5, 5.41) is 2.85. The number of hydrogen-bond donors (Lipinski definition) is 1. The van der Waals surface area contributed by atoms with Crippen LogP contribution >= 0.6 is 0 Å². The van der Waals surface area contributed by atoms with E-state index in [1.807, 2.05) is 30.3 Å². The number of ether oxygens (including phenoxy) is 1. The van der Waals surface area contributed by atoms with Crippen molar-refractivity contribution in [2.45, 2.75) is 6.42 Å². The highest BCUT2D eigenvalue weighted by molar-refractivity contribution is 5.98. The number of aromatic nitrogens is 1. The monoisotopic (exact) mass is 339 g/mol. The molecule has 1 aromatic heterocycles. The van der Waals surface area contributed by atoms with E-state index in [1.165, 1.54) is 6.20 Å². The smallest absolute Gasteiger partial charge is 0.269 e. The van der Waals surface area contributed by atoms with Gasteiger partial charge in [0.1, 0.15) is 5.69 Å². The molecule has 1 fully saturated rings. The Morgan fingerprint density at radius 1 is 1.12 bits per heavy atom. The molecule has 0 unspecified atom stereocenters. The summed E-state index contributed by atoms with van der Waals surface area (Å²) in [7, 11) is 0. The maximum Gasteiger partial charge on any atom is 0.269 e. The zero-order chi connectivity index (χ0) is 17.5. The largest absolute Gasteiger partial charge is 0.378 e. The van der Waals surface area contributed by atoms with Gasteiger partial charge in [-0.05, 0) is 24.1 Å². The molecule has 1 aliphatic heterocycles. The average Bonchev–Trinajstić information content (AvgIpc) is 2.69. The van der Waals surface area contributed by atoms with Crippen LogP contribution in [-0.4, -0.2) is 54.5 Å². The third kappa shape index (κ3) is 4.64. The van der Waals surface area contributed by atoms with Crippen molar-refractivity contribution in [3.05, 3.63) is 65.5 Å². The molecule has 1 saturated heterocycles. The summed E-state index contributed by atoms with van der Waals surface area (Å²) < 4.78 is 5.26. The van der Waals surface area contributed by atoms with Gasteiger partial charge in [-0.3, -0.25) is 14.6 Å². The van der Waals surface area contributed by atoms with Gasteiger partial charge in [0.25, 0.3) is 11.8 Å². The molecule has 0 bridgehead atoms. The molecule has 2 aromatic rings. The lowest BCUT2D eigenvalue weighted by Gasteiger charge is -2.26. The summed E-state index contributed by atoms with van der Waals surface area (Å²) in [6.45, 7) is 2.75. The maximum atomic E-state index is 12.5. The topological polar surface area (TPSA) is 71.5 Å². The van der Waals surface area contributed by atoms with E-state index < -0.39 is 0 Å². The Morgan fingerprint density at radius 2 is 1.88 bits per heavy atom. The number of pyridine rings is 1. The van der Waals surface area contributed by atoms with E-state index >= 15 is 0 Å². The van der Waals surface area contributed by atoms with Crippen LogP contribution in [0, 0.1) is 0 Å². The molecule has 1 aliphatic rings. The van der Waals surface area contributed by atoms with Gasteiger partial charge in [-0.15, -0.1) is 0 Å². The molecule has 0 spiro atoms. The maximum absolute atomic E-state index is 12.5. The molecule has 0 radical (unpaired) electrons. The number of nitrogens with one attached hydrogen (secondary N) is 1. The van der Waals surface area contributed by atoms with Crippen LogP contribution < -0.4 is 5.32 Å². The fourth-order valence-electron chi connectivity index (χ4n) is 2.69. The van der Waals surface area contributed by atoms with Crippen molar-refractivity contribution >= 4 is 11.8 Å². The Balaban J connectivity index is 1.58. The van der Waals surface area contributed by atoms with Crippen molar-refractivity contribution in [1.82, 2.24) is 15.2 Å². The molecule has 6 nitrogen and oxygen atoms in total. The van der Waals surface area contributed by atoms with Crippen molar-refractivity contribution < 1.29 is 14.3 Å². The van der Waals surface area contributed by atoms with E-state index in [1.54, 1.807) is 17.0 Å². The Morgan fingerprint density at radius 3 is 2.64 bits per heavy atom. The highest BCUT2D eigenvalue weighted by Crippen LogP contribution is 2.09. The third-order valence-corrected chi connectivity index (χ3v) is 4.08. The summed E-state index contributed by atoms with van der Waals surface area (Å²) in [5.41, 5.74) is 1.89. The summed E-state index contributed by atoms with van der Waals surface area (Å²) >= 11 is 0. The van der Waals surface area contributed by atoms with Crippen LogP contribution in [0.4, 0.5) is 0 Å². The molecule has 2 amide bonds. The second-order valence-corrected chi connectivity index (χ2v) is 5.83. The lowest BCUT2D eigenvalue weighted by molar-refractivity contribution is 0.0303. The third-order valence-electron chi connectivity index (χ3n) is 4.08. The Bertz CT molecular complexity index is 728. The molecule has 2 heterocycles. The van der Waals surface area contributed by atoms with E-state index in [-0.39, 0.29) is 17.5 Å². The molecule has 6 heteroatoms. The van der Waals surface area contributed by atoms with Crippen LogP contribution in [0.5, 0.6) is 0 Å².